The van der Waals surface area contributed by atoms with Crippen LogP contribution in [-0.4, -0.2) is 56.0 Å². The Bertz CT molecular complexity index is 1500. The van der Waals surface area contributed by atoms with Crippen LogP contribution in [0.4, 0.5) is 5.82 Å². The van der Waals surface area contributed by atoms with Crippen LogP contribution < -0.4 is 10.1 Å². The van der Waals surface area contributed by atoms with Gasteiger partial charge in [0.1, 0.15) is 29.3 Å². The van der Waals surface area contributed by atoms with E-state index in [-0.39, 0.29) is 22.8 Å². The summed E-state index contributed by atoms with van der Waals surface area (Å²) in [6, 6.07) is 14.4. The number of ketones is 1. The second-order valence-corrected chi connectivity index (χ2v) is 11.4. The summed E-state index contributed by atoms with van der Waals surface area (Å²) in [6.45, 7) is 1.38. The maximum absolute atomic E-state index is 13.7. The molecule has 1 saturated heterocycles. The molecule has 3 heterocycles. The number of hydrogen-bond donors (Lipinski definition) is 2. The van der Waals surface area contributed by atoms with Gasteiger partial charge in [0, 0.05) is 48.7 Å². The fourth-order valence-corrected chi connectivity index (χ4v) is 5.81. The fraction of sp³-hybridized carbons (Fsp3) is 0.355. The highest BCUT2D eigenvalue weighted by atomic mass is 79.9. The van der Waals surface area contributed by atoms with Crippen molar-refractivity contribution < 1.29 is 14.3 Å². The number of para-hydroxylation sites is 1. The number of piperidine rings is 1. The molecule has 1 fully saturated rings. The lowest BCUT2D eigenvalue weighted by Gasteiger charge is -2.33. The number of likely N-dealkylation sites (tertiary alicyclic amines) is 1. The first-order chi connectivity index (χ1) is 20.0. The Balaban J connectivity index is 1.29. The zero-order chi connectivity index (χ0) is 28.6. The zero-order valence-corrected chi connectivity index (χ0v) is 25.1. The lowest BCUT2D eigenvalue weighted by atomic mass is 10.0. The molecule has 8 nitrogen and oxygen atoms in total. The molecule has 2 N–H and O–H groups in total. The third-order valence-electron chi connectivity index (χ3n) is 7.27. The Morgan fingerprint density at radius 3 is 2.68 bits per heavy atom. The predicted octanol–water partition coefficient (Wildman–Crippen LogP) is 7.38. The molecule has 1 atom stereocenters. The van der Waals surface area contributed by atoms with Crippen LogP contribution in [0.15, 0.2) is 61.1 Å². The number of alkyl halides is 1. The van der Waals surface area contributed by atoms with Gasteiger partial charge >= 0.3 is 0 Å². The SMILES string of the molecule is O=C(c1ccc(Oc2ccccc2)cc1Cl)c1c[nH]c2ncnc(N[C@@H]3CCCN(C(=O)CCCCCCBr)C3)c12. The second-order valence-electron chi connectivity index (χ2n) is 10.2. The summed E-state index contributed by atoms with van der Waals surface area (Å²) in [6.07, 6.45) is 9.78. The Morgan fingerprint density at radius 2 is 1.88 bits per heavy atom. The first-order valence-electron chi connectivity index (χ1n) is 14.0. The number of fused-ring (bicyclic) bond motifs is 1. The van der Waals surface area contributed by atoms with Crippen molar-refractivity contribution in [2.24, 2.45) is 0 Å². The summed E-state index contributed by atoms with van der Waals surface area (Å²) in [5.74, 6) is 1.74. The highest BCUT2D eigenvalue weighted by molar-refractivity contribution is 9.09. The average Bonchev–Trinajstić information content (AvgIpc) is 3.43. The largest absolute Gasteiger partial charge is 0.457 e. The van der Waals surface area contributed by atoms with Gasteiger partial charge in [-0.2, -0.15) is 0 Å². The molecule has 0 spiro atoms. The molecule has 0 unspecified atom stereocenters. The van der Waals surface area contributed by atoms with Gasteiger partial charge in [0.25, 0.3) is 0 Å². The van der Waals surface area contributed by atoms with E-state index in [2.05, 4.69) is 36.2 Å². The number of carbonyl (C=O) groups excluding carboxylic acids is 2. The van der Waals surface area contributed by atoms with Gasteiger partial charge in [0.15, 0.2) is 5.78 Å². The van der Waals surface area contributed by atoms with E-state index < -0.39 is 0 Å². The van der Waals surface area contributed by atoms with Crippen LogP contribution in [0.1, 0.15) is 60.9 Å². The highest BCUT2D eigenvalue weighted by Gasteiger charge is 2.26. The fourth-order valence-electron chi connectivity index (χ4n) is 5.16. The van der Waals surface area contributed by atoms with Crippen molar-refractivity contribution in [2.75, 3.05) is 23.7 Å². The number of hydrogen-bond acceptors (Lipinski definition) is 6. The molecule has 214 valence electrons. The smallest absolute Gasteiger partial charge is 0.222 e. The summed E-state index contributed by atoms with van der Waals surface area (Å²) in [5.41, 5.74) is 1.33. The number of benzene rings is 2. The Hall–Kier alpha value is -3.43. The van der Waals surface area contributed by atoms with Crippen LogP contribution in [0.25, 0.3) is 11.0 Å². The van der Waals surface area contributed by atoms with E-state index in [1.807, 2.05) is 35.2 Å². The number of rotatable bonds is 12. The number of carbonyl (C=O) groups is 2. The normalized spacial score (nSPS) is 15.2. The number of aromatic amines is 1. The minimum atomic E-state index is -0.245. The number of halogens is 2. The first kappa shape index (κ1) is 29.1. The Morgan fingerprint density at radius 1 is 1.05 bits per heavy atom. The third-order valence-corrected chi connectivity index (χ3v) is 8.14. The molecule has 5 rings (SSSR count). The minimum Gasteiger partial charge on any atom is -0.457 e. The minimum absolute atomic E-state index is 0.0232. The lowest BCUT2D eigenvalue weighted by molar-refractivity contribution is -0.132. The molecule has 1 aliphatic rings. The predicted molar refractivity (Wildman–Crippen MR) is 165 cm³/mol. The number of ether oxygens (including phenoxy) is 1. The number of unbranched alkanes of at least 4 members (excludes halogenated alkanes) is 3. The number of nitrogens with zero attached hydrogens (tertiary/aromatic N) is 3. The number of nitrogens with one attached hydrogen (secondary N) is 2. The molecule has 0 aliphatic carbocycles. The van der Waals surface area contributed by atoms with Gasteiger partial charge in [0.2, 0.25) is 5.91 Å². The van der Waals surface area contributed by atoms with Gasteiger partial charge in [-0.3, -0.25) is 9.59 Å². The molecule has 41 heavy (non-hydrogen) atoms. The maximum atomic E-state index is 13.7. The Labute approximate surface area is 253 Å². The van der Waals surface area contributed by atoms with Crippen LogP contribution in [0.2, 0.25) is 5.02 Å². The highest BCUT2D eigenvalue weighted by Crippen LogP contribution is 2.32. The third kappa shape index (κ3) is 7.26. The van der Waals surface area contributed by atoms with Gasteiger partial charge in [-0.1, -0.05) is 58.6 Å². The topological polar surface area (TPSA) is 100 Å². The molecule has 0 bridgehead atoms. The molecule has 0 saturated carbocycles. The van der Waals surface area contributed by atoms with Gasteiger partial charge in [-0.25, -0.2) is 9.97 Å². The van der Waals surface area contributed by atoms with Crippen LogP contribution in [-0.2, 0) is 4.79 Å². The van der Waals surface area contributed by atoms with Gasteiger partial charge in [-0.15, -0.1) is 0 Å². The Kier molecular flexibility index (Phi) is 9.90. The number of amides is 1. The summed E-state index contributed by atoms with van der Waals surface area (Å²) in [4.78, 5) is 40.4. The van der Waals surface area contributed by atoms with E-state index >= 15 is 0 Å². The number of H-pyrrole nitrogens is 1. The average molecular weight is 639 g/mol. The van der Waals surface area contributed by atoms with Crippen molar-refractivity contribution in [1.82, 2.24) is 19.9 Å². The van der Waals surface area contributed by atoms with Crippen molar-refractivity contribution in [3.8, 4) is 11.5 Å². The van der Waals surface area contributed by atoms with Crippen LogP contribution >= 0.6 is 27.5 Å². The molecule has 2 aromatic heterocycles. The van der Waals surface area contributed by atoms with E-state index in [9.17, 15) is 9.59 Å². The van der Waals surface area contributed by atoms with Crippen molar-refractivity contribution >= 4 is 56.1 Å². The van der Waals surface area contributed by atoms with Crippen molar-refractivity contribution in [2.45, 2.75) is 51.0 Å². The van der Waals surface area contributed by atoms with Crippen LogP contribution in [0, 0.1) is 0 Å². The van der Waals surface area contributed by atoms with E-state index in [1.165, 1.54) is 6.33 Å². The molecular weight excluding hydrogens is 606 g/mol. The van der Waals surface area contributed by atoms with Gasteiger partial charge in [-0.05, 0) is 49.9 Å². The van der Waals surface area contributed by atoms with Gasteiger partial charge < -0.3 is 19.9 Å². The van der Waals surface area contributed by atoms with E-state index in [0.717, 1.165) is 50.4 Å². The maximum Gasteiger partial charge on any atom is 0.222 e. The van der Waals surface area contributed by atoms with Crippen LogP contribution in [0.5, 0.6) is 11.5 Å². The van der Waals surface area contributed by atoms with Crippen LogP contribution in [0.3, 0.4) is 0 Å². The van der Waals surface area contributed by atoms with E-state index in [4.69, 9.17) is 16.3 Å². The quantitative estimate of drug-likeness (QED) is 0.0954. The summed E-state index contributed by atoms with van der Waals surface area (Å²) in [5, 5.41) is 5.40. The van der Waals surface area contributed by atoms with E-state index in [1.54, 1.807) is 24.4 Å². The summed E-state index contributed by atoms with van der Waals surface area (Å²) >= 11 is 10.0. The van der Waals surface area contributed by atoms with E-state index in [0.29, 0.717) is 52.4 Å². The summed E-state index contributed by atoms with van der Waals surface area (Å²) < 4.78 is 5.86. The second kappa shape index (κ2) is 14.0. The molecule has 0 radical (unpaired) electrons. The molecule has 1 aliphatic heterocycles. The summed E-state index contributed by atoms with van der Waals surface area (Å²) in [7, 11) is 0. The molecule has 10 heteroatoms. The molecular formula is C31H33BrClN5O3. The first-order valence-corrected chi connectivity index (χ1v) is 15.5. The monoisotopic (exact) mass is 637 g/mol. The molecule has 2 aromatic carbocycles. The molecule has 1 amide bonds. The standard InChI is InChI=1S/C31H33BrClN5O3/c32-15-7-2-1-6-12-27(39)38-16-8-9-21(19-38)37-31-28-25(18-34-30(28)35-20-36-31)29(40)24-14-13-23(17-26(24)33)41-22-10-4-3-5-11-22/h3-5,10-11,13-14,17-18,20-21H,1-2,6-9,12,15-16,19H2,(H2,34,35,36,37)/t21-/m1/s1. The molecule has 4 aromatic rings. The van der Waals surface area contributed by atoms with Crippen molar-refractivity contribution in [1.29, 1.82) is 0 Å². The zero-order valence-electron chi connectivity index (χ0n) is 22.7. The van der Waals surface area contributed by atoms with Gasteiger partial charge in [0.05, 0.1) is 16.0 Å². The number of anilines is 1. The lowest BCUT2D eigenvalue weighted by Crippen LogP contribution is -2.45. The number of aromatic nitrogens is 3. The van der Waals surface area contributed by atoms with Crippen molar-refractivity contribution in [3.05, 3.63) is 77.2 Å². The van der Waals surface area contributed by atoms with Crippen molar-refractivity contribution in [3.63, 3.8) is 0 Å².